The number of H-pyrrole nitrogens is 1. The number of aryl methyl sites for hydroxylation is 1. The van der Waals surface area contributed by atoms with Crippen LogP contribution >= 0.6 is 35.0 Å². The number of thioether (sulfide) groups is 1. The van der Waals surface area contributed by atoms with Crippen LogP contribution in [0.25, 0.3) is 10.9 Å². The highest BCUT2D eigenvalue weighted by Gasteiger charge is 2.23. The van der Waals surface area contributed by atoms with Gasteiger partial charge in [-0.3, -0.25) is 4.79 Å². The van der Waals surface area contributed by atoms with Gasteiger partial charge in [0.15, 0.2) is 5.78 Å². The third-order valence-electron chi connectivity index (χ3n) is 3.72. The summed E-state index contributed by atoms with van der Waals surface area (Å²) in [5.74, 6) is 0.0703. The van der Waals surface area contributed by atoms with Gasteiger partial charge < -0.3 is 4.98 Å². The number of aromatic nitrogens is 1. The molecule has 3 aromatic rings. The first-order valence-electron chi connectivity index (χ1n) is 7.21. The smallest absolute Gasteiger partial charge is 0.178 e. The summed E-state index contributed by atoms with van der Waals surface area (Å²) >= 11 is 13.8. The standard InChI is InChI=1S/C18H15Cl2NOS/c1-10-16(12-6-3-4-9-15(12)21-10)17(22)11(2)23-18-13(19)7-5-8-14(18)20/h3-9,11,21H,1-2H3/t11-/m0/s1. The minimum atomic E-state index is -0.287. The van der Waals surface area contributed by atoms with Crippen LogP contribution < -0.4 is 0 Å². The topological polar surface area (TPSA) is 32.9 Å². The van der Waals surface area contributed by atoms with E-state index in [2.05, 4.69) is 4.98 Å². The zero-order valence-electron chi connectivity index (χ0n) is 12.7. The third kappa shape index (κ3) is 3.14. The highest BCUT2D eigenvalue weighted by Crippen LogP contribution is 2.38. The molecule has 23 heavy (non-hydrogen) atoms. The summed E-state index contributed by atoms with van der Waals surface area (Å²) in [6.45, 7) is 3.81. The number of hydrogen-bond donors (Lipinski definition) is 1. The number of nitrogens with one attached hydrogen (secondary N) is 1. The van der Waals surface area contributed by atoms with Crippen LogP contribution in [0, 0.1) is 6.92 Å². The molecule has 0 aliphatic carbocycles. The molecule has 0 radical (unpaired) electrons. The van der Waals surface area contributed by atoms with E-state index in [4.69, 9.17) is 23.2 Å². The van der Waals surface area contributed by atoms with Crippen LogP contribution in [0.1, 0.15) is 23.0 Å². The summed E-state index contributed by atoms with van der Waals surface area (Å²) in [5, 5.41) is 1.80. The zero-order valence-corrected chi connectivity index (χ0v) is 15.0. The Morgan fingerprint density at radius 3 is 2.43 bits per heavy atom. The molecular weight excluding hydrogens is 349 g/mol. The fourth-order valence-electron chi connectivity index (χ4n) is 2.62. The number of para-hydroxylation sites is 1. The van der Waals surface area contributed by atoms with E-state index in [0.29, 0.717) is 10.0 Å². The number of halogens is 2. The minimum Gasteiger partial charge on any atom is -0.358 e. The molecule has 1 N–H and O–H groups in total. The normalized spacial score (nSPS) is 12.5. The summed E-state index contributed by atoms with van der Waals surface area (Å²) in [5.41, 5.74) is 2.60. The lowest BCUT2D eigenvalue weighted by atomic mass is 10.1. The second-order valence-corrected chi connectivity index (χ2v) is 7.51. The Kier molecular flexibility index (Phi) is 4.72. The fourth-order valence-corrected chi connectivity index (χ4v) is 4.23. The van der Waals surface area contributed by atoms with E-state index < -0.39 is 0 Å². The number of carbonyl (C=O) groups excluding carboxylic acids is 1. The van der Waals surface area contributed by atoms with Gasteiger partial charge >= 0.3 is 0 Å². The Bertz CT molecular complexity index is 868. The van der Waals surface area contributed by atoms with Gasteiger partial charge in [-0.2, -0.15) is 0 Å². The zero-order chi connectivity index (χ0) is 16.6. The summed E-state index contributed by atoms with van der Waals surface area (Å²) in [4.78, 5) is 17.0. The number of aromatic amines is 1. The van der Waals surface area contributed by atoms with Crippen LogP contribution in [0.15, 0.2) is 47.4 Å². The Labute approximate surface area is 149 Å². The molecular formula is C18H15Cl2NOS. The summed E-state index contributed by atoms with van der Waals surface area (Å²) < 4.78 is 0. The van der Waals surface area contributed by atoms with Crippen molar-refractivity contribution in [1.82, 2.24) is 4.98 Å². The van der Waals surface area contributed by atoms with E-state index in [0.717, 1.165) is 27.1 Å². The van der Waals surface area contributed by atoms with Gasteiger partial charge in [0.2, 0.25) is 0 Å². The van der Waals surface area contributed by atoms with Gasteiger partial charge in [-0.25, -0.2) is 0 Å². The van der Waals surface area contributed by atoms with Gasteiger partial charge in [-0.15, -0.1) is 11.8 Å². The van der Waals surface area contributed by atoms with Crippen molar-refractivity contribution in [2.45, 2.75) is 24.0 Å². The van der Waals surface area contributed by atoms with E-state index in [9.17, 15) is 4.79 Å². The maximum atomic E-state index is 12.9. The van der Waals surface area contributed by atoms with Crippen molar-refractivity contribution in [3.05, 3.63) is 63.8 Å². The SMILES string of the molecule is Cc1[nH]c2ccccc2c1C(=O)[C@H](C)Sc1c(Cl)cccc1Cl. The number of hydrogen-bond acceptors (Lipinski definition) is 2. The van der Waals surface area contributed by atoms with E-state index in [1.807, 2.05) is 38.1 Å². The number of ketones is 1. The monoisotopic (exact) mass is 363 g/mol. The first-order valence-corrected chi connectivity index (χ1v) is 8.84. The van der Waals surface area contributed by atoms with E-state index in [1.165, 1.54) is 11.8 Å². The summed E-state index contributed by atoms with van der Waals surface area (Å²) in [7, 11) is 0. The Hall–Kier alpha value is -1.42. The predicted molar refractivity (Wildman–Crippen MR) is 99.1 cm³/mol. The van der Waals surface area contributed by atoms with Gasteiger partial charge in [0.25, 0.3) is 0 Å². The molecule has 0 saturated carbocycles. The second kappa shape index (κ2) is 6.60. The van der Waals surface area contributed by atoms with Crippen molar-refractivity contribution in [3.63, 3.8) is 0 Å². The molecule has 3 rings (SSSR count). The molecule has 0 bridgehead atoms. The van der Waals surface area contributed by atoms with Crippen LogP contribution in [0.4, 0.5) is 0 Å². The summed E-state index contributed by atoms with van der Waals surface area (Å²) in [6, 6.07) is 13.2. The van der Waals surface area contributed by atoms with E-state index in [1.54, 1.807) is 18.2 Å². The molecule has 1 heterocycles. The Morgan fingerprint density at radius 1 is 1.09 bits per heavy atom. The number of rotatable bonds is 4. The Morgan fingerprint density at radius 2 is 1.74 bits per heavy atom. The lowest BCUT2D eigenvalue weighted by molar-refractivity contribution is 0.0995. The predicted octanol–water partition coefficient (Wildman–Crippen LogP) is 6.15. The fraction of sp³-hybridized carbons (Fsp3) is 0.167. The summed E-state index contributed by atoms with van der Waals surface area (Å²) in [6.07, 6.45) is 0. The molecule has 0 aliphatic rings. The number of benzene rings is 2. The molecule has 0 amide bonds. The minimum absolute atomic E-state index is 0.0703. The van der Waals surface area contributed by atoms with Gasteiger partial charge in [0.05, 0.1) is 15.3 Å². The molecule has 2 nitrogen and oxygen atoms in total. The first-order chi connectivity index (χ1) is 11.0. The highest BCUT2D eigenvalue weighted by molar-refractivity contribution is 8.00. The van der Waals surface area contributed by atoms with Crippen molar-refractivity contribution < 1.29 is 4.79 Å². The largest absolute Gasteiger partial charge is 0.358 e. The van der Waals surface area contributed by atoms with Gasteiger partial charge in [0, 0.05) is 27.1 Å². The van der Waals surface area contributed by atoms with Gasteiger partial charge in [-0.05, 0) is 32.0 Å². The van der Waals surface area contributed by atoms with Crippen LogP contribution in [-0.2, 0) is 0 Å². The van der Waals surface area contributed by atoms with Crippen molar-refractivity contribution in [2.24, 2.45) is 0 Å². The third-order valence-corrected chi connectivity index (χ3v) is 5.82. The average molecular weight is 364 g/mol. The van der Waals surface area contributed by atoms with Crippen molar-refractivity contribution in [3.8, 4) is 0 Å². The average Bonchev–Trinajstić information content (AvgIpc) is 2.86. The van der Waals surface area contributed by atoms with Crippen molar-refractivity contribution >= 4 is 51.6 Å². The molecule has 5 heteroatoms. The first kappa shape index (κ1) is 16.4. The second-order valence-electron chi connectivity index (χ2n) is 5.35. The van der Waals surface area contributed by atoms with Gasteiger partial charge in [-0.1, -0.05) is 47.5 Å². The molecule has 1 aromatic heterocycles. The van der Waals surface area contributed by atoms with Gasteiger partial charge in [0.1, 0.15) is 0 Å². The molecule has 0 spiro atoms. The molecule has 118 valence electrons. The number of carbonyl (C=O) groups is 1. The quantitative estimate of drug-likeness (QED) is 0.445. The number of fused-ring (bicyclic) bond motifs is 1. The lowest BCUT2D eigenvalue weighted by Gasteiger charge is -2.13. The molecule has 0 aliphatic heterocycles. The lowest BCUT2D eigenvalue weighted by Crippen LogP contribution is -2.14. The maximum absolute atomic E-state index is 12.9. The molecule has 0 saturated heterocycles. The molecule has 2 aromatic carbocycles. The van der Waals surface area contributed by atoms with Crippen LogP contribution in [0.3, 0.4) is 0 Å². The van der Waals surface area contributed by atoms with Crippen molar-refractivity contribution in [2.75, 3.05) is 0 Å². The van der Waals surface area contributed by atoms with Crippen LogP contribution in [0.5, 0.6) is 0 Å². The Balaban J connectivity index is 1.95. The number of Topliss-reactive ketones (excluding diaryl/α,β-unsaturated/α-hetero) is 1. The van der Waals surface area contributed by atoms with E-state index >= 15 is 0 Å². The maximum Gasteiger partial charge on any atom is 0.178 e. The van der Waals surface area contributed by atoms with Crippen molar-refractivity contribution in [1.29, 1.82) is 0 Å². The van der Waals surface area contributed by atoms with Crippen LogP contribution in [-0.4, -0.2) is 16.0 Å². The highest BCUT2D eigenvalue weighted by atomic mass is 35.5. The van der Waals surface area contributed by atoms with Crippen LogP contribution in [0.2, 0.25) is 10.0 Å². The molecule has 0 unspecified atom stereocenters. The van der Waals surface area contributed by atoms with E-state index in [-0.39, 0.29) is 11.0 Å². The molecule has 0 fully saturated rings. The molecule has 1 atom stereocenters.